The molecule has 0 aromatic heterocycles. The van der Waals surface area contributed by atoms with Crippen LogP contribution in [0.5, 0.6) is 0 Å². The fourth-order valence-corrected chi connectivity index (χ4v) is 6.75. The fourth-order valence-electron chi connectivity index (χ4n) is 6.75. The van der Waals surface area contributed by atoms with E-state index in [1.165, 1.54) is 25.7 Å². The summed E-state index contributed by atoms with van der Waals surface area (Å²) in [7, 11) is 0. The summed E-state index contributed by atoms with van der Waals surface area (Å²) in [5, 5.41) is 0. The fraction of sp³-hybridized carbons (Fsp3) is 0.941. The minimum atomic E-state index is -0.0814. The minimum absolute atomic E-state index is 0.0553. The maximum Gasteiger partial charge on any atom is 0.303 e. The van der Waals surface area contributed by atoms with Gasteiger partial charge in [-0.3, -0.25) is 4.79 Å². The Morgan fingerprint density at radius 1 is 1.11 bits per heavy atom. The van der Waals surface area contributed by atoms with Crippen LogP contribution < -0.4 is 0 Å². The average Bonchev–Trinajstić information content (AvgIpc) is 2.67. The first-order valence-corrected chi connectivity index (χ1v) is 7.98. The molecule has 4 rings (SSSR count). The second kappa shape index (κ2) is 3.20. The SMILES string of the molecule is CC(=O)O[C@@]12CC3(C)CCC1C3C[C@@H]1[C@@H]2CC1(C)C. The Kier molecular flexibility index (Phi) is 2.06. The molecule has 4 aliphatic carbocycles. The van der Waals surface area contributed by atoms with Crippen molar-refractivity contribution in [3.05, 3.63) is 0 Å². The van der Waals surface area contributed by atoms with E-state index in [4.69, 9.17) is 4.74 Å². The van der Waals surface area contributed by atoms with Gasteiger partial charge in [0.05, 0.1) is 0 Å². The summed E-state index contributed by atoms with van der Waals surface area (Å²) in [5.41, 5.74) is 0.838. The molecule has 6 atom stereocenters. The van der Waals surface area contributed by atoms with Crippen LogP contribution in [-0.4, -0.2) is 11.6 Å². The van der Waals surface area contributed by atoms with Crippen LogP contribution >= 0.6 is 0 Å². The molecule has 2 nitrogen and oxygen atoms in total. The van der Waals surface area contributed by atoms with E-state index in [9.17, 15) is 4.79 Å². The van der Waals surface area contributed by atoms with Gasteiger partial charge in [-0.25, -0.2) is 0 Å². The highest BCUT2D eigenvalue weighted by atomic mass is 16.6. The van der Waals surface area contributed by atoms with Crippen molar-refractivity contribution in [2.45, 2.75) is 65.4 Å². The average molecular weight is 262 g/mol. The van der Waals surface area contributed by atoms with E-state index >= 15 is 0 Å². The molecule has 4 aliphatic rings. The Morgan fingerprint density at radius 2 is 1.84 bits per heavy atom. The number of ether oxygens (including phenoxy) is 1. The molecule has 0 N–H and O–H groups in total. The summed E-state index contributed by atoms with van der Waals surface area (Å²) in [6, 6.07) is 0. The summed E-state index contributed by atoms with van der Waals surface area (Å²) in [6.07, 6.45) is 6.43. The number of fused-ring (bicyclic) bond motifs is 2. The van der Waals surface area contributed by atoms with Crippen molar-refractivity contribution in [3.8, 4) is 0 Å². The van der Waals surface area contributed by atoms with Crippen molar-refractivity contribution in [3.63, 3.8) is 0 Å². The van der Waals surface area contributed by atoms with Gasteiger partial charge in [0.25, 0.3) is 0 Å². The molecule has 4 saturated carbocycles. The number of hydrogen-bond acceptors (Lipinski definition) is 2. The summed E-state index contributed by atoms with van der Waals surface area (Å²) < 4.78 is 6.06. The third kappa shape index (κ3) is 1.27. The van der Waals surface area contributed by atoms with Gasteiger partial charge in [-0.2, -0.15) is 0 Å². The first-order valence-electron chi connectivity index (χ1n) is 7.98. The predicted molar refractivity (Wildman–Crippen MR) is 73.4 cm³/mol. The molecule has 0 aliphatic heterocycles. The second-order valence-electron chi connectivity index (χ2n) is 8.77. The van der Waals surface area contributed by atoms with Gasteiger partial charge < -0.3 is 4.74 Å². The normalized spacial score (nSPS) is 56.4. The van der Waals surface area contributed by atoms with Crippen LogP contribution in [0, 0.1) is 34.5 Å². The standard InChI is InChI=1S/C17H26O2/c1-10(18)19-17-9-16(4)6-5-11(17)13(16)7-12-14(17)8-15(12,2)3/h11-14H,5-9H2,1-4H3/t11?,12-,13?,14+,16?,17+/m1/s1. The first kappa shape index (κ1) is 12.2. The molecule has 0 amide bonds. The highest BCUT2D eigenvalue weighted by Crippen LogP contribution is 2.76. The number of rotatable bonds is 1. The number of carbonyl (C=O) groups excluding carboxylic acids is 1. The van der Waals surface area contributed by atoms with Crippen molar-refractivity contribution < 1.29 is 9.53 Å². The van der Waals surface area contributed by atoms with E-state index in [1.807, 2.05) is 0 Å². The highest BCUT2D eigenvalue weighted by molar-refractivity contribution is 5.67. The van der Waals surface area contributed by atoms with Crippen molar-refractivity contribution in [2.75, 3.05) is 0 Å². The summed E-state index contributed by atoms with van der Waals surface area (Å²) >= 11 is 0. The maximum atomic E-state index is 11.7. The lowest BCUT2D eigenvalue weighted by molar-refractivity contribution is -0.220. The van der Waals surface area contributed by atoms with Crippen LogP contribution in [0.1, 0.15) is 59.8 Å². The Hall–Kier alpha value is -0.530. The van der Waals surface area contributed by atoms with E-state index in [0.29, 0.717) is 22.7 Å². The Morgan fingerprint density at radius 3 is 2.47 bits per heavy atom. The Bertz CT molecular complexity index is 454. The highest BCUT2D eigenvalue weighted by Gasteiger charge is 2.75. The van der Waals surface area contributed by atoms with Crippen molar-refractivity contribution in [1.29, 1.82) is 0 Å². The summed E-state index contributed by atoms with van der Waals surface area (Å²) in [4.78, 5) is 11.7. The minimum Gasteiger partial charge on any atom is -0.459 e. The molecule has 4 fully saturated rings. The van der Waals surface area contributed by atoms with Crippen LogP contribution in [0.25, 0.3) is 0 Å². The topological polar surface area (TPSA) is 26.3 Å². The van der Waals surface area contributed by atoms with Crippen LogP contribution in [0.4, 0.5) is 0 Å². The summed E-state index contributed by atoms with van der Waals surface area (Å²) in [6.45, 7) is 8.88. The number of carbonyl (C=O) groups is 1. The van der Waals surface area contributed by atoms with E-state index in [0.717, 1.165) is 18.3 Å². The van der Waals surface area contributed by atoms with E-state index in [-0.39, 0.29) is 11.6 Å². The molecule has 0 aromatic carbocycles. The Labute approximate surface area is 116 Å². The molecule has 106 valence electrons. The second-order valence-corrected chi connectivity index (χ2v) is 8.77. The zero-order valence-corrected chi connectivity index (χ0v) is 12.7. The third-order valence-corrected chi connectivity index (χ3v) is 7.42. The molecule has 4 bridgehead atoms. The molecule has 2 heteroatoms. The molecular formula is C17H26O2. The zero-order chi connectivity index (χ0) is 13.6. The monoisotopic (exact) mass is 262 g/mol. The van der Waals surface area contributed by atoms with Gasteiger partial charge in [-0.15, -0.1) is 0 Å². The number of hydrogen-bond donors (Lipinski definition) is 0. The zero-order valence-electron chi connectivity index (χ0n) is 12.7. The lowest BCUT2D eigenvalue weighted by Crippen LogP contribution is -2.62. The molecule has 0 spiro atoms. The van der Waals surface area contributed by atoms with Gasteiger partial charge in [0.2, 0.25) is 0 Å². The largest absolute Gasteiger partial charge is 0.459 e. The molecule has 0 saturated heterocycles. The molecular weight excluding hydrogens is 236 g/mol. The van der Waals surface area contributed by atoms with Crippen LogP contribution in [-0.2, 0) is 9.53 Å². The quantitative estimate of drug-likeness (QED) is 0.672. The van der Waals surface area contributed by atoms with Crippen LogP contribution in [0.15, 0.2) is 0 Å². The van der Waals surface area contributed by atoms with Gasteiger partial charge in [-0.1, -0.05) is 20.8 Å². The molecule has 3 unspecified atom stereocenters. The smallest absolute Gasteiger partial charge is 0.303 e. The van der Waals surface area contributed by atoms with Gasteiger partial charge in [-0.05, 0) is 54.8 Å². The van der Waals surface area contributed by atoms with Gasteiger partial charge >= 0.3 is 5.97 Å². The lowest BCUT2D eigenvalue weighted by Gasteiger charge is -2.62. The first-order chi connectivity index (χ1) is 8.79. The number of esters is 1. The summed E-state index contributed by atoms with van der Waals surface area (Å²) in [5.74, 6) is 2.86. The predicted octanol–water partition coefficient (Wildman–Crippen LogP) is 3.79. The van der Waals surface area contributed by atoms with Gasteiger partial charge in [0, 0.05) is 18.8 Å². The molecule has 0 radical (unpaired) electrons. The van der Waals surface area contributed by atoms with Crippen molar-refractivity contribution >= 4 is 5.97 Å². The molecule has 0 aromatic rings. The third-order valence-electron chi connectivity index (χ3n) is 7.42. The molecule has 0 heterocycles. The molecule has 19 heavy (non-hydrogen) atoms. The van der Waals surface area contributed by atoms with Crippen LogP contribution in [0.3, 0.4) is 0 Å². The lowest BCUT2D eigenvalue weighted by atomic mass is 9.45. The Balaban J connectivity index is 1.77. The van der Waals surface area contributed by atoms with Crippen molar-refractivity contribution in [1.82, 2.24) is 0 Å². The van der Waals surface area contributed by atoms with E-state index in [1.54, 1.807) is 6.92 Å². The maximum absolute atomic E-state index is 11.7. The van der Waals surface area contributed by atoms with Gasteiger partial charge in [0.1, 0.15) is 5.60 Å². The van der Waals surface area contributed by atoms with E-state index < -0.39 is 0 Å². The van der Waals surface area contributed by atoms with Gasteiger partial charge in [0.15, 0.2) is 0 Å². The van der Waals surface area contributed by atoms with Crippen LogP contribution in [0.2, 0.25) is 0 Å². The van der Waals surface area contributed by atoms with E-state index in [2.05, 4.69) is 20.8 Å². The van der Waals surface area contributed by atoms with Crippen molar-refractivity contribution in [2.24, 2.45) is 34.5 Å².